The van der Waals surface area contributed by atoms with Gasteiger partial charge in [-0.15, -0.1) is 0 Å². The summed E-state index contributed by atoms with van der Waals surface area (Å²) >= 11 is 5.13. The van der Waals surface area contributed by atoms with Crippen molar-refractivity contribution in [3.05, 3.63) is 58.6 Å². The van der Waals surface area contributed by atoms with Crippen LogP contribution in [0.4, 0.5) is 8.78 Å². The first kappa shape index (κ1) is 13.6. The van der Waals surface area contributed by atoms with Crippen LogP contribution in [0.5, 0.6) is 0 Å². The highest BCUT2D eigenvalue weighted by molar-refractivity contribution is 7.71. The van der Waals surface area contributed by atoms with Crippen LogP contribution in [0.2, 0.25) is 0 Å². The molecule has 1 aromatic carbocycles. The molecule has 0 bridgehead atoms. The molecule has 106 valence electrons. The zero-order valence-corrected chi connectivity index (χ0v) is 11.8. The van der Waals surface area contributed by atoms with Gasteiger partial charge in [-0.3, -0.25) is 14.6 Å². The molecule has 0 fully saturated rings. The van der Waals surface area contributed by atoms with E-state index in [1.54, 1.807) is 24.5 Å². The Bertz CT molecular complexity index is 855. The standard InChI is InChI=1S/C14H10F2N4S/c1-8-6-11(16)12(7-10(8)15)20-13(18-19-14(20)21)9-2-4-17-5-3-9/h2-7H,1H3,(H,19,21). The van der Waals surface area contributed by atoms with Crippen LogP contribution < -0.4 is 0 Å². The van der Waals surface area contributed by atoms with Crippen molar-refractivity contribution in [2.24, 2.45) is 0 Å². The zero-order chi connectivity index (χ0) is 15.0. The lowest BCUT2D eigenvalue weighted by Gasteiger charge is -2.09. The lowest BCUT2D eigenvalue weighted by molar-refractivity contribution is 0.585. The summed E-state index contributed by atoms with van der Waals surface area (Å²) in [5.74, 6) is -0.679. The largest absolute Gasteiger partial charge is 0.265 e. The number of pyridine rings is 1. The van der Waals surface area contributed by atoms with E-state index in [2.05, 4.69) is 15.2 Å². The summed E-state index contributed by atoms with van der Waals surface area (Å²) in [6.45, 7) is 1.50. The van der Waals surface area contributed by atoms with E-state index in [1.165, 1.54) is 11.5 Å². The number of aromatic amines is 1. The molecule has 3 aromatic rings. The monoisotopic (exact) mass is 304 g/mol. The summed E-state index contributed by atoms with van der Waals surface area (Å²) in [5, 5.41) is 6.69. The second-order valence-corrected chi connectivity index (χ2v) is 4.86. The van der Waals surface area contributed by atoms with Crippen molar-refractivity contribution < 1.29 is 8.78 Å². The molecule has 0 amide bonds. The predicted molar refractivity (Wildman–Crippen MR) is 76.6 cm³/mol. The fourth-order valence-electron chi connectivity index (χ4n) is 2.02. The smallest absolute Gasteiger partial charge is 0.200 e. The molecule has 4 nitrogen and oxygen atoms in total. The van der Waals surface area contributed by atoms with Gasteiger partial charge < -0.3 is 0 Å². The second-order valence-electron chi connectivity index (χ2n) is 4.48. The van der Waals surface area contributed by atoms with Crippen LogP contribution in [0.1, 0.15) is 5.56 Å². The minimum atomic E-state index is -0.568. The van der Waals surface area contributed by atoms with Gasteiger partial charge in [-0.1, -0.05) is 0 Å². The molecule has 0 spiro atoms. The number of benzene rings is 1. The number of nitrogens with zero attached hydrogens (tertiary/aromatic N) is 3. The fourth-order valence-corrected chi connectivity index (χ4v) is 2.25. The molecule has 0 aliphatic carbocycles. The lowest BCUT2D eigenvalue weighted by Crippen LogP contribution is -2.02. The molecule has 0 unspecified atom stereocenters. The molecular formula is C14H10F2N4S. The molecule has 0 atom stereocenters. The Morgan fingerprint density at radius 2 is 1.86 bits per heavy atom. The minimum Gasteiger partial charge on any atom is -0.265 e. The maximum atomic E-state index is 14.2. The molecule has 2 aromatic heterocycles. The van der Waals surface area contributed by atoms with Gasteiger partial charge in [0.05, 0.1) is 5.69 Å². The summed E-state index contributed by atoms with van der Waals surface area (Å²) in [6.07, 6.45) is 3.17. The van der Waals surface area contributed by atoms with Crippen LogP contribution in [0.3, 0.4) is 0 Å². The first-order valence-electron chi connectivity index (χ1n) is 6.12. The first-order chi connectivity index (χ1) is 10.1. The van der Waals surface area contributed by atoms with E-state index in [-0.39, 0.29) is 16.0 Å². The van der Waals surface area contributed by atoms with Crippen molar-refractivity contribution in [3.63, 3.8) is 0 Å². The number of aromatic nitrogens is 4. The molecule has 3 rings (SSSR count). The fraction of sp³-hybridized carbons (Fsp3) is 0.0714. The topological polar surface area (TPSA) is 46.5 Å². The molecule has 2 heterocycles. The summed E-state index contributed by atoms with van der Waals surface area (Å²) in [7, 11) is 0. The third-order valence-electron chi connectivity index (χ3n) is 3.08. The number of hydrogen-bond acceptors (Lipinski definition) is 3. The normalized spacial score (nSPS) is 10.8. The van der Waals surface area contributed by atoms with Crippen LogP contribution in [0.15, 0.2) is 36.7 Å². The highest BCUT2D eigenvalue weighted by atomic mass is 32.1. The highest BCUT2D eigenvalue weighted by Crippen LogP contribution is 2.24. The lowest BCUT2D eigenvalue weighted by atomic mass is 10.2. The van der Waals surface area contributed by atoms with Gasteiger partial charge >= 0.3 is 0 Å². The number of aryl methyl sites for hydroxylation is 1. The number of rotatable bonds is 2. The van der Waals surface area contributed by atoms with Crippen molar-refractivity contribution in [2.45, 2.75) is 6.92 Å². The Balaban J connectivity index is 2.27. The Kier molecular flexibility index (Phi) is 3.34. The van der Waals surface area contributed by atoms with Crippen molar-refractivity contribution in [2.75, 3.05) is 0 Å². The summed E-state index contributed by atoms with van der Waals surface area (Å²) in [4.78, 5) is 3.92. The maximum Gasteiger partial charge on any atom is 0.200 e. The molecule has 7 heteroatoms. The Morgan fingerprint density at radius 1 is 1.14 bits per heavy atom. The zero-order valence-electron chi connectivity index (χ0n) is 11.0. The molecular weight excluding hydrogens is 294 g/mol. The molecule has 0 saturated carbocycles. The Labute approximate surface area is 124 Å². The molecule has 0 radical (unpaired) electrons. The van der Waals surface area contributed by atoms with Gasteiger partial charge in [0.15, 0.2) is 10.6 Å². The summed E-state index contributed by atoms with van der Waals surface area (Å²) in [5.41, 5.74) is 0.943. The third-order valence-corrected chi connectivity index (χ3v) is 3.35. The van der Waals surface area contributed by atoms with Gasteiger partial charge in [-0.25, -0.2) is 8.78 Å². The SMILES string of the molecule is Cc1cc(F)c(-n2c(-c3ccncc3)n[nH]c2=S)cc1F. The molecule has 0 aliphatic rings. The average Bonchev–Trinajstić information content (AvgIpc) is 2.85. The second kappa shape index (κ2) is 5.17. The number of nitrogens with one attached hydrogen (secondary N) is 1. The van der Waals surface area contributed by atoms with E-state index in [1.807, 2.05) is 0 Å². The van der Waals surface area contributed by atoms with Crippen LogP contribution in [-0.4, -0.2) is 19.7 Å². The Morgan fingerprint density at radius 3 is 2.57 bits per heavy atom. The Hall–Kier alpha value is -2.41. The van der Waals surface area contributed by atoms with E-state index in [9.17, 15) is 8.78 Å². The van der Waals surface area contributed by atoms with Crippen molar-refractivity contribution in [1.82, 2.24) is 19.7 Å². The van der Waals surface area contributed by atoms with E-state index >= 15 is 0 Å². The van der Waals surface area contributed by atoms with Gasteiger partial charge in [0.25, 0.3) is 0 Å². The van der Waals surface area contributed by atoms with Crippen LogP contribution in [-0.2, 0) is 0 Å². The van der Waals surface area contributed by atoms with Gasteiger partial charge in [-0.2, -0.15) is 5.10 Å². The van der Waals surface area contributed by atoms with Gasteiger partial charge in [-0.05, 0) is 42.9 Å². The van der Waals surface area contributed by atoms with Crippen molar-refractivity contribution in [3.8, 4) is 17.1 Å². The number of H-pyrrole nitrogens is 1. The maximum absolute atomic E-state index is 14.2. The van der Waals surface area contributed by atoms with Crippen LogP contribution in [0, 0.1) is 23.3 Å². The predicted octanol–water partition coefficient (Wildman–Crippen LogP) is 3.58. The first-order valence-corrected chi connectivity index (χ1v) is 6.52. The van der Waals surface area contributed by atoms with E-state index < -0.39 is 11.6 Å². The number of hydrogen-bond donors (Lipinski definition) is 1. The van der Waals surface area contributed by atoms with E-state index in [4.69, 9.17) is 12.2 Å². The van der Waals surface area contributed by atoms with Gasteiger partial charge in [0.2, 0.25) is 0 Å². The van der Waals surface area contributed by atoms with Crippen LogP contribution >= 0.6 is 12.2 Å². The molecule has 0 saturated heterocycles. The average molecular weight is 304 g/mol. The third kappa shape index (κ3) is 2.36. The van der Waals surface area contributed by atoms with Gasteiger partial charge in [0.1, 0.15) is 11.6 Å². The van der Waals surface area contributed by atoms with E-state index in [0.717, 1.165) is 12.1 Å². The minimum absolute atomic E-state index is 0.0173. The summed E-state index contributed by atoms with van der Waals surface area (Å²) in [6, 6.07) is 5.67. The quantitative estimate of drug-likeness (QED) is 0.736. The molecule has 1 N–H and O–H groups in total. The highest BCUT2D eigenvalue weighted by Gasteiger charge is 2.16. The number of halogens is 2. The van der Waals surface area contributed by atoms with Crippen molar-refractivity contribution >= 4 is 12.2 Å². The molecule has 21 heavy (non-hydrogen) atoms. The van der Waals surface area contributed by atoms with Crippen molar-refractivity contribution in [1.29, 1.82) is 0 Å². The van der Waals surface area contributed by atoms with Gasteiger partial charge in [0, 0.05) is 24.0 Å². The van der Waals surface area contributed by atoms with E-state index in [0.29, 0.717) is 11.4 Å². The summed E-state index contributed by atoms with van der Waals surface area (Å²) < 4.78 is 29.5. The van der Waals surface area contributed by atoms with Crippen LogP contribution in [0.25, 0.3) is 17.1 Å². The molecule has 0 aliphatic heterocycles.